The van der Waals surface area contributed by atoms with E-state index in [4.69, 9.17) is 0 Å². The molecule has 5 heteroatoms. The van der Waals surface area contributed by atoms with Crippen molar-refractivity contribution in [3.63, 3.8) is 0 Å². The Morgan fingerprint density at radius 3 is 2.61 bits per heavy atom. The third-order valence-electron chi connectivity index (χ3n) is 5.46. The molecule has 2 aromatic carbocycles. The van der Waals surface area contributed by atoms with Gasteiger partial charge in [0.25, 0.3) is 5.91 Å². The normalized spacial score (nSPS) is 17.1. The Kier molecular flexibility index (Phi) is 5.53. The first-order valence-corrected chi connectivity index (χ1v) is 9.85. The Morgan fingerprint density at radius 2 is 1.86 bits per heavy atom. The number of likely N-dealkylation sites (N-methyl/N-ethyl adjacent to an activating group) is 1. The van der Waals surface area contributed by atoms with Crippen LogP contribution in [-0.4, -0.2) is 52.1 Å². The monoisotopic (exact) mass is 374 g/mol. The standard InChI is InChI=1S/C23H26N4O/c1-26(16-18-9-4-2-5-10-18)20-13-8-14-27(17-20)23(28)22-15-21(24-25-22)19-11-6-3-7-12-19/h2-7,9-12,15,20H,8,13-14,16-17H2,1H3,(H,24,25). The van der Waals surface area contributed by atoms with Gasteiger partial charge in [0.05, 0.1) is 5.69 Å². The summed E-state index contributed by atoms with van der Waals surface area (Å²) in [7, 11) is 2.15. The van der Waals surface area contributed by atoms with E-state index < -0.39 is 0 Å². The minimum atomic E-state index is 0.0347. The van der Waals surface area contributed by atoms with E-state index in [0.717, 1.165) is 43.7 Å². The van der Waals surface area contributed by atoms with E-state index >= 15 is 0 Å². The summed E-state index contributed by atoms with van der Waals surface area (Å²) in [6.45, 7) is 2.45. The lowest BCUT2D eigenvalue weighted by Crippen LogP contribution is -2.48. The smallest absolute Gasteiger partial charge is 0.271 e. The Bertz CT molecular complexity index is 907. The van der Waals surface area contributed by atoms with Crippen LogP contribution in [-0.2, 0) is 6.54 Å². The second-order valence-electron chi connectivity index (χ2n) is 7.48. The van der Waals surface area contributed by atoms with E-state index in [9.17, 15) is 4.79 Å². The van der Waals surface area contributed by atoms with Crippen LogP contribution in [0, 0.1) is 0 Å². The second kappa shape index (κ2) is 8.40. The molecule has 4 rings (SSSR count). The number of nitrogens with one attached hydrogen (secondary N) is 1. The topological polar surface area (TPSA) is 52.2 Å². The van der Waals surface area contributed by atoms with Crippen LogP contribution in [0.5, 0.6) is 0 Å². The van der Waals surface area contributed by atoms with Crippen molar-refractivity contribution >= 4 is 5.91 Å². The molecule has 0 radical (unpaired) electrons. The molecule has 28 heavy (non-hydrogen) atoms. The lowest BCUT2D eigenvalue weighted by molar-refractivity contribution is 0.0596. The number of carbonyl (C=O) groups excluding carboxylic acids is 1. The summed E-state index contributed by atoms with van der Waals surface area (Å²) in [5.74, 6) is 0.0347. The van der Waals surface area contributed by atoms with E-state index in [0.29, 0.717) is 11.7 Å². The molecule has 0 aliphatic carbocycles. The van der Waals surface area contributed by atoms with Crippen LogP contribution in [0.25, 0.3) is 11.3 Å². The van der Waals surface area contributed by atoms with Crippen LogP contribution in [0.15, 0.2) is 66.7 Å². The van der Waals surface area contributed by atoms with E-state index in [1.54, 1.807) is 0 Å². The maximum atomic E-state index is 13.0. The van der Waals surface area contributed by atoms with Crippen molar-refractivity contribution in [3.05, 3.63) is 78.0 Å². The SMILES string of the molecule is CN(Cc1ccccc1)C1CCCN(C(=O)c2cc(-c3ccccc3)n[nH]2)C1. The quantitative estimate of drug-likeness (QED) is 0.739. The molecule has 1 N–H and O–H groups in total. The van der Waals surface area contributed by atoms with Gasteiger partial charge in [-0.15, -0.1) is 0 Å². The molecule has 1 atom stereocenters. The summed E-state index contributed by atoms with van der Waals surface area (Å²) in [6, 6.07) is 22.6. The molecule has 1 aromatic heterocycles. The van der Waals surface area contributed by atoms with Crippen LogP contribution in [0.4, 0.5) is 0 Å². The van der Waals surface area contributed by atoms with Gasteiger partial charge in [-0.1, -0.05) is 60.7 Å². The summed E-state index contributed by atoms with van der Waals surface area (Å²) < 4.78 is 0. The number of rotatable bonds is 5. The van der Waals surface area contributed by atoms with Gasteiger partial charge in [-0.3, -0.25) is 14.8 Å². The number of likely N-dealkylation sites (tertiary alicyclic amines) is 1. The molecule has 3 aromatic rings. The first kappa shape index (κ1) is 18.4. The van der Waals surface area contributed by atoms with Crippen molar-refractivity contribution in [2.45, 2.75) is 25.4 Å². The summed E-state index contributed by atoms with van der Waals surface area (Å²) >= 11 is 0. The lowest BCUT2D eigenvalue weighted by atomic mass is 10.0. The first-order chi connectivity index (χ1) is 13.7. The molecule has 5 nitrogen and oxygen atoms in total. The third kappa shape index (κ3) is 4.15. The van der Waals surface area contributed by atoms with Crippen LogP contribution >= 0.6 is 0 Å². The average molecular weight is 374 g/mol. The van der Waals surface area contributed by atoms with Gasteiger partial charge in [0.15, 0.2) is 0 Å². The highest BCUT2D eigenvalue weighted by Crippen LogP contribution is 2.21. The van der Waals surface area contributed by atoms with E-state index in [1.807, 2.05) is 47.4 Å². The zero-order valence-electron chi connectivity index (χ0n) is 16.2. The highest BCUT2D eigenvalue weighted by molar-refractivity contribution is 5.93. The number of carbonyl (C=O) groups is 1. The molecule has 0 spiro atoms. The van der Waals surface area contributed by atoms with Crippen molar-refractivity contribution in [1.29, 1.82) is 0 Å². The number of H-pyrrole nitrogens is 1. The van der Waals surface area contributed by atoms with Gasteiger partial charge in [0.2, 0.25) is 0 Å². The number of hydrogen-bond acceptors (Lipinski definition) is 3. The zero-order chi connectivity index (χ0) is 19.3. The van der Waals surface area contributed by atoms with Crippen molar-refractivity contribution in [3.8, 4) is 11.3 Å². The number of nitrogens with zero attached hydrogens (tertiary/aromatic N) is 3. The summed E-state index contributed by atoms with van der Waals surface area (Å²) in [5.41, 5.74) is 3.68. The predicted molar refractivity (Wildman–Crippen MR) is 111 cm³/mol. The van der Waals surface area contributed by atoms with Crippen molar-refractivity contribution in [1.82, 2.24) is 20.0 Å². The number of amides is 1. The molecule has 1 amide bonds. The maximum Gasteiger partial charge on any atom is 0.271 e. The van der Waals surface area contributed by atoms with Gasteiger partial charge in [0, 0.05) is 31.2 Å². The van der Waals surface area contributed by atoms with Crippen LogP contribution in [0.1, 0.15) is 28.9 Å². The fraction of sp³-hybridized carbons (Fsp3) is 0.304. The predicted octanol–water partition coefficient (Wildman–Crippen LogP) is 3.81. The molecule has 1 aliphatic rings. The Hall–Kier alpha value is -2.92. The van der Waals surface area contributed by atoms with Gasteiger partial charge >= 0.3 is 0 Å². The Labute approximate surface area is 166 Å². The number of aromatic nitrogens is 2. The molecule has 0 saturated carbocycles. The summed E-state index contributed by atoms with van der Waals surface area (Å²) in [6.07, 6.45) is 2.14. The number of piperidine rings is 1. The molecule has 1 aliphatic heterocycles. The fourth-order valence-electron chi connectivity index (χ4n) is 3.86. The number of aromatic amines is 1. The largest absolute Gasteiger partial charge is 0.336 e. The second-order valence-corrected chi connectivity index (χ2v) is 7.48. The minimum Gasteiger partial charge on any atom is -0.336 e. The van der Waals surface area contributed by atoms with E-state index in [-0.39, 0.29) is 5.91 Å². The third-order valence-corrected chi connectivity index (χ3v) is 5.46. The van der Waals surface area contributed by atoms with Gasteiger partial charge in [0.1, 0.15) is 5.69 Å². The van der Waals surface area contributed by atoms with Gasteiger partial charge < -0.3 is 4.90 Å². The van der Waals surface area contributed by atoms with Crippen molar-refractivity contribution < 1.29 is 4.79 Å². The molecule has 1 unspecified atom stereocenters. The lowest BCUT2D eigenvalue weighted by Gasteiger charge is -2.37. The minimum absolute atomic E-state index is 0.0347. The molecule has 144 valence electrons. The van der Waals surface area contributed by atoms with Crippen LogP contribution in [0.2, 0.25) is 0 Å². The van der Waals surface area contributed by atoms with Crippen molar-refractivity contribution in [2.24, 2.45) is 0 Å². The van der Waals surface area contributed by atoms with E-state index in [1.165, 1.54) is 5.56 Å². The highest BCUT2D eigenvalue weighted by Gasteiger charge is 2.27. The molecular formula is C23H26N4O. The van der Waals surface area contributed by atoms with Gasteiger partial charge in [-0.05, 0) is 31.5 Å². The summed E-state index contributed by atoms with van der Waals surface area (Å²) in [4.78, 5) is 17.3. The summed E-state index contributed by atoms with van der Waals surface area (Å²) in [5, 5.41) is 7.26. The zero-order valence-corrected chi connectivity index (χ0v) is 16.2. The molecule has 1 fully saturated rings. The van der Waals surface area contributed by atoms with Crippen LogP contribution in [0.3, 0.4) is 0 Å². The average Bonchev–Trinajstić information content (AvgIpc) is 3.25. The van der Waals surface area contributed by atoms with Crippen molar-refractivity contribution in [2.75, 3.05) is 20.1 Å². The number of hydrogen-bond donors (Lipinski definition) is 1. The first-order valence-electron chi connectivity index (χ1n) is 9.85. The highest BCUT2D eigenvalue weighted by atomic mass is 16.2. The number of benzene rings is 2. The fourth-order valence-corrected chi connectivity index (χ4v) is 3.86. The van der Waals surface area contributed by atoms with Gasteiger partial charge in [-0.2, -0.15) is 5.10 Å². The maximum absolute atomic E-state index is 13.0. The molecule has 1 saturated heterocycles. The molecular weight excluding hydrogens is 348 g/mol. The Morgan fingerprint density at radius 1 is 1.14 bits per heavy atom. The molecule has 2 heterocycles. The van der Waals surface area contributed by atoms with Gasteiger partial charge in [-0.25, -0.2) is 0 Å². The van der Waals surface area contributed by atoms with E-state index in [2.05, 4.69) is 46.4 Å². The Balaban J connectivity index is 1.41. The van der Waals surface area contributed by atoms with Crippen LogP contribution < -0.4 is 0 Å². The molecule has 0 bridgehead atoms.